The van der Waals surface area contributed by atoms with E-state index in [1.807, 2.05) is 23.7 Å². The number of nitrogens with two attached hydrogens (primary N) is 1. The fourth-order valence-corrected chi connectivity index (χ4v) is 3.91. The van der Waals surface area contributed by atoms with Gasteiger partial charge in [-0.1, -0.05) is 6.42 Å². The van der Waals surface area contributed by atoms with Crippen molar-refractivity contribution in [3.05, 3.63) is 29.0 Å². The zero-order valence-corrected chi connectivity index (χ0v) is 10.8. The quantitative estimate of drug-likeness (QED) is 0.876. The van der Waals surface area contributed by atoms with Gasteiger partial charge >= 0.3 is 0 Å². The average molecular weight is 247 g/mol. The topological polar surface area (TPSA) is 54.7 Å². The van der Waals surface area contributed by atoms with E-state index >= 15 is 0 Å². The number of thiazole rings is 1. The third-order valence-corrected chi connectivity index (χ3v) is 5.28. The molecule has 2 aromatic rings. The first-order valence-electron chi connectivity index (χ1n) is 6.06. The number of rotatable bonds is 3. The molecule has 90 valence electrons. The molecular weight excluding hydrogens is 230 g/mol. The summed E-state index contributed by atoms with van der Waals surface area (Å²) in [5.41, 5.74) is 8.54. The van der Waals surface area contributed by atoms with Crippen molar-refractivity contribution < 1.29 is 0 Å². The Morgan fingerprint density at radius 2 is 2.35 bits per heavy atom. The van der Waals surface area contributed by atoms with Gasteiger partial charge in [0.2, 0.25) is 0 Å². The molecule has 17 heavy (non-hydrogen) atoms. The number of hydrogen-bond donors (Lipinski definition) is 2. The molecule has 1 fully saturated rings. The first-order chi connectivity index (χ1) is 8.25. The maximum atomic E-state index is 5.97. The molecule has 0 amide bonds. The van der Waals surface area contributed by atoms with E-state index in [0.717, 1.165) is 17.2 Å². The number of hydrogen-bond acceptors (Lipinski definition) is 3. The van der Waals surface area contributed by atoms with Gasteiger partial charge < -0.3 is 10.7 Å². The second kappa shape index (κ2) is 3.96. The van der Waals surface area contributed by atoms with E-state index in [2.05, 4.69) is 18.0 Å². The van der Waals surface area contributed by atoms with Crippen molar-refractivity contribution in [1.29, 1.82) is 0 Å². The van der Waals surface area contributed by atoms with Gasteiger partial charge in [-0.15, -0.1) is 11.3 Å². The molecule has 3 N–H and O–H groups in total. The highest BCUT2D eigenvalue weighted by molar-refractivity contribution is 7.15. The van der Waals surface area contributed by atoms with Gasteiger partial charge in [-0.2, -0.15) is 0 Å². The summed E-state index contributed by atoms with van der Waals surface area (Å²) in [4.78, 5) is 9.18. The number of aromatic amines is 1. The number of nitrogens with zero attached hydrogens (tertiary/aromatic N) is 1. The van der Waals surface area contributed by atoms with Crippen LogP contribution in [0, 0.1) is 6.92 Å². The second-order valence-electron chi connectivity index (χ2n) is 4.87. The Hall–Kier alpha value is -1.13. The van der Waals surface area contributed by atoms with Crippen LogP contribution in [0.2, 0.25) is 0 Å². The van der Waals surface area contributed by atoms with E-state index in [1.165, 1.54) is 29.7 Å². The Balaban J connectivity index is 2.02. The van der Waals surface area contributed by atoms with E-state index in [0.29, 0.717) is 0 Å². The maximum Gasteiger partial charge on any atom is 0.125 e. The van der Waals surface area contributed by atoms with Crippen LogP contribution in [0.5, 0.6) is 0 Å². The van der Waals surface area contributed by atoms with Crippen LogP contribution in [-0.4, -0.2) is 16.5 Å². The Bertz CT molecular complexity index is 503. The summed E-state index contributed by atoms with van der Waals surface area (Å²) >= 11 is 1.81. The fraction of sp³-hybridized carbons (Fsp3) is 0.462. The highest BCUT2D eigenvalue weighted by Gasteiger charge is 2.40. The van der Waals surface area contributed by atoms with Crippen molar-refractivity contribution in [2.45, 2.75) is 31.6 Å². The van der Waals surface area contributed by atoms with Crippen molar-refractivity contribution in [2.24, 2.45) is 5.73 Å². The van der Waals surface area contributed by atoms with Crippen LogP contribution in [0.15, 0.2) is 18.5 Å². The molecule has 0 bridgehead atoms. The molecule has 0 unspecified atom stereocenters. The van der Waals surface area contributed by atoms with Gasteiger partial charge in [-0.25, -0.2) is 4.98 Å². The minimum Gasteiger partial charge on any atom is -0.367 e. The molecular formula is C13H17N3S. The van der Waals surface area contributed by atoms with Gasteiger partial charge in [0, 0.05) is 34.8 Å². The van der Waals surface area contributed by atoms with Gasteiger partial charge in [0.05, 0.1) is 5.69 Å². The van der Waals surface area contributed by atoms with Crippen LogP contribution >= 0.6 is 11.3 Å². The number of aryl methyl sites for hydroxylation is 1. The molecule has 1 saturated carbocycles. The van der Waals surface area contributed by atoms with E-state index < -0.39 is 0 Å². The van der Waals surface area contributed by atoms with Crippen LogP contribution < -0.4 is 5.73 Å². The summed E-state index contributed by atoms with van der Waals surface area (Å²) < 4.78 is 0. The summed E-state index contributed by atoms with van der Waals surface area (Å²) in [5, 5.41) is 1.11. The zero-order valence-electron chi connectivity index (χ0n) is 9.99. The SMILES string of the molecule is Cc1nc(-c2cc[nH]c2)sc1C1(CN)CCC1. The summed E-state index contributed by atoms with van der Waals surface area (Å²) in [7, 11) is 0. The highest BCUT2D eigenvalue weighted by Crippen LogP contribution is 2.47. The third kappa shape index (κ3) is 1.63. The van der Waals surface area contributed by atoms with Crippen LogP contribution in [0.1, 0.15) is 29.8 Å². The maximum absolute atomic E-state index is 5.97. The molecule has 1 aliphatic carbocycles. The lowest BCUT2D eigenvalue weighted by atomic mass is 9.67. The van der Waals surface area contributed by atoms with Gasteiger partial charge in [-0.05, 0) is 25.8 Å². The van der Waals surface area contributed by atoms with Crippen molar-refractivity contribution >= 4 is 11.3 Å². The molecule has 0 spiro atoms. The molecule has 3 nitrogen and oxygen atoms in total. The summed E-state index contributed by atoms with van der Waals surface area (Å²) in [5.74, 6) is 0. The van der Waals surface area contributed by atoms with Crippen molar-refractivity contribution in [1.82, 2.24) is 9.97 Å². The highest BCUT2D eigenvalue weighted by atomic mass is 32.1. The van der Waals surface area contributed by atoms with Crippen LogP contribution in [-0.2, 0) is 5.41 Å². The van der Waals surface area contributed by atoms with Gasteiger partial charge in [0.25, 0.3) is 0 Å². The minimum atomic E-state index is 0.232. The van der Waals surface area contributed by atoms with E-state index in [9.17, 15) is 0 Å². The van der Waals surface area contributed by atoms with Crippen molar-refractivity contribution in [2.75, 3.05) is 6.54 Å². The first kappa shape index (κ1) is 11.0. The molecule has 0 atom stereocenters. The number of aromatic nitrogens is 2. The monoisotopic (exact) mass is 247 g/mol. The summed E-state index contributed by atoms with van der Waals surface area (Å²) in [6, 6.07) is 2.07. The van der Waals surface area contributed by atoms with E-state index in [1.54, 1.807) is 0 Å². The predicted octanol–water partition coefficient (Wildman–Crippen LogP) is 2.83. The van der Waals surface area contributed by atoms with Crippen LogP contribution in [0.4, 0.5) is 0 Å². The molecule has 0 aliphatic heterocycles. The molecule has 0 radical (unpaired) electrons. The lowest BCUT2D eigenvalue weighted by molar-refractivity contribution is 0.257. The number of H-pyrrole nitrogens is 1. The molecule has 4 heteroatoms. The first-order valence-corrected chi connectivity index (χ1v) is 6.88. The predicted molar refractivity (Wildman–Crippen MR) is 71.2 cm³/mol. The average Bonchev–Trinajstić information content (AvgIpc) is 2.87. The summed E-state index contributed by atoms with van der Waals surface area (Å²) in [6.45, 7) is 2.86. The molecule has 0 aromatic carbocycles. The Morgan fingerprint density at radius 1 is 1.53 bits per heavy atom. The van der Waals surface area contributed by atoms with Gasteiger partial charge in [0.1, 0.15) is 5.01 Å². The second-order valence-corrected chi connectivity index (χ2v) is 5.87. The zero-order chi connectivity index (χ0) is 11.9. The fourth-order valence-electron chi connectivity index (χ4n) is 2.60. The van der Waals surface area contributed by atoms with E-state index in [-0.39, 0.29) is 5.41 Å². The molecule has 1 aliphatic rings. The molecule has 2 heterocycles. The van der Waals surface area contributed by atoms with Crippen molar-refractivity contribution in [3.8, 4) is 10.6 Å². The molecule has 0 saturated heterocycles. The lowest BCUT2D eigenvalue weighted by Gasteiger charge is -2.40. The van der Waals surface area contributed by atoms with Crippen molar-refractivity contribution in [3.63, 3.8) is 0 Å². The third-order valence-electron chi connectivity index (χ3n) is 3.82. The van der Waals surface area contributed by atoms with Gasteiger partial charge in [0.15, 0.2) is 0 Å². The minimum absolute atomic E-state index is 0.232. The number of nitrogens with one attached hydrogen (secondary N) is 1. The Labute approximate surface area is 105 Å². The molecule has 2 aromatic heterocycles. The summed E-state index contributed by atoms with van der Waals surface area (Å²) in [6.07, 6.45) is 7.68. The van der Waals surface area contributed by atoms with Crippen LogP contribution in [0.3, 0.4) is 0 Å². The standard InChI is InChI=1S/C13H17N3S/c1-9-11(13(8-14)4-2-5-13)17-12(16-9)10-3-6-15-7-10/h3,6-7,15H,2,4-5,8,14H2,1H3. The normalized spacial score (nSPS) is 18.0. The largest absolute Gasteiger partial charge is 0.367 e. The Morgan fingerprint density at radius 3 is 2.88 bits per heavy atom. The lowest BCUT2D eigenvalue weighted by Crippen LogP contribution is -2.41. The van der Waals surface area contributed by atoms with Crippen LogP contribution in [0.25, 0.3) is 10.6 Å². The van der Waals surface area contributed by atoms with Gasteiger partial charge in [-0.3, -0.25) is 0 Å². The smallest absolute Gasteiger partial charge is 0.125 e. The van der Waals surface area contributed by atoms with E-state index in [4.69, 9.17) is 10.7 Å². The molecule has 3 rings (SSSR count). The Kier molecular flexibility index (Phi) is 2.56.